The van der Waals surface area contributed by atoms with Crippen molar-refractivity contribution in [1.82, 2.24) is 0 Å². The van der Waals surface area contributed by atoms with Crippen molar-refractivity contribution < 1.29 is 14.3 Å². The average Bonchev–Trinajstić information content (AvgIpc) is 3.10. The minimum atomic E-state index is 0.350. The molecule has 94 valence electrons. The van der Waals surface area contributed by atoms with Crippen LogP contribution in [-0.4, -0.2) is 13.7 Å². The van der Waals surface area contributed by atoms with Gasteiger partial charge in [-0.2, -0.15) is 0 Å². The minimum absolute atomic E-state index is 0.350. The van der Waals surface area contributed by atoms with Crippen LogP contribution in [-0.2, 0) is 11.4 Å². The molecule has 0 amide bonds. The van der Waals surface area contributed by atoms with Gasteiger partial charge in [0.1, 0.15) is 0 Å². The van der Waals surface area contributed by atoms with E-state index in [4.69, 9.17) is 15.4 Å². The van der Waals surface area contributed by atoms with Gasteiger partial charge in [0.05, 0.1) is 24.8 Å². The van der Waals surface area contributed by atoms with Gasteiger partial charge < -0.3 is 9.47 Å². The highest BCUT2D eigenvalue weighted by atomic mass is 79.9. The molecule has 5 heteroatoms. The van der Waals surface area contributed by atoms with Crippen molar-refractivity contribution >= 4 is 15.9 Å². The molecule has 2 rings (SSSR count). The molecule has 1 aliphatic carbocycles. The Morgan fingerprint density at radius 2 is 2.18 bits per heavy atom. The Morgan fingerprint density at radius 1 is 1.41 bits per heavy atom. The second kappa shape index (κ2) is 5.71. The van der Waals surface area contributed by atoms with Crippen molar-refractivity contribution in [2.24, 2.45) is 11.8 Å². The van der Waals surface area contributed by atoms with Gasteiger partial charge in [-0.1, -0.05) is 0 Å². The normalized spacial score (nSPS) is 14.8. The van der Waals surface area contributed by atoms with E-state index in [1.807, 2.05) is 12.1 Å². The standard InChI is InChI=1S/C12H16BrNO3/c1-15-12-10(13)4-9(7-17-14)5-11(12)16-6-8-2-3-8/h4-5,8H,2-3,6-7,14H2,1H3. The number of hydrogen-bond donors (Lipinski definition) is 1. The Hall–Kier alpha value is -0.780. The third-order valence-corrected chi connectivity index (χ3v) is 3.28. The molecule has 1 aromatic carbocycles. The Morgan fingerprint density at radius 3 is 2.76 bits per heavy atom. The molecule has 0 aliphatic heterocycles. The Labute approximate surface area is 109 Å². The third kappa shape index (κ3) is 3.34. The molecular formula is C12H16BrNO3. The van der Waals surface area contributed by atoms with Crippen LogP contribution in [0.2, 0.25) is 0 Å². The Bertz CT molecular complexity index is 394. The predicted octanol–water partition coefficient (Wildman–Crippen LogP) is 2.64. The highest BCUT2D eigenvalue weighted by Crippen LogP contribution is 2.38. The fourth-order valence-electron chi connectivity index (χ4n) is 1.60. The molecule has 2 N–H and O–H groups in total. The van der Waals surface area contributed by atoms with Gasteiger partial charge in [0.15, 0.2) is 11.5 Å². The van der Waals surface area contributed by atoms with Gasteiger partial charge in [0, 0.05) is 0 Å². The third-order valence-electron chi connectivity index (χ3n) is 2.69. The lowest BCUT2D eigenvalue weighted by Gasteiger charge is -2.13. The molecule has 1 aromatic rings. The summed E-state index contributed by atoms with van der Waals surface area (Å²) in [6.45, 7) is 1.10. The molecule has 4 nitrogen and oxygen atoms in total. The zero-order chi connectivity index (χ0) is 12.3. The van der Waals surface area contributed by atoms with E-state index in [2.05, 4.69) is 20.8 Å². The van der Waals surface area contributed by atoms with Crippen molar-refractivity contribution in [1.29, 1.82) is 0 Å². The van der Waals surface area contributed by atoms with Gasteiger partial charge in [-0.3, -0.25) is 4.84 Å². The lowest BCUT2D eigenvalue weighted by molar-refractivity contribution is 0.123. The van der Waals surface area contributed by atoms with Crippen molar-refractivity contribution in [3.63, 3.8) is 0 Å². The van der Waals surface area contributed by atoms with E-state index in [1.54, 1.807) is 7.11 Å². The molecule has 0 saturated heterocycles. The molecular weight excluding hydrogens is 286 g/mol. The SMILES string of the molecule is COc1c(Br)cc(CON)cc1OCC1CC1. The molecule has 1 saturated carbocycles. The van der Waals surface area contributed by atoms with Gasteiger partial charge in [-0.05, 0) is 52.4 Å². The van der Waals surface area contributed by atoms with E-state index < -0.39 is 0 Å². The predicted molar refractivity (Wildman–Crippen MR) is 67.9 cm³/mol. The summed E-state index contributed by atoms with van der Waals surface area (Å²) >= 11 is 3.45. The van der Waals surface area contributed by atoms with Crippen LogP contribution >= 0.6 is 15.9 Å². The molecule has 0 unspecified atom stereocenters. The van der Waals surface area contributed by atoms with E-state index in [0.717, 1.165) is 22.4 Å². The summed E-state index contributed by atoms with van der Waals surface area (Å²) in [5.74, 6) is 7.23. The number of ether oxygens (including phenoxy) is 2. The average molecular weight is 302 g/mol. The second-order valence-corrected chi connectivity index (χ2v) is 5.03. The number of halogens is 1. The molecule has 0 atom stereocenters. The zero-order valence-electron chi connectivity index (χ0n) is 9.74. The van der Waals surface area contributed by atoms with Crippen LogP contribution in [0.5, 0.6) is 11.5 Å². The largest absolute Gasteiger partial charge is 0.492 e. The first-order chi connectivity index (χ1) is 8.24. The Balaban J connectivity index is 2.17. The lowest BCUT2D eigenvalue weighted by Crippen LogP contribution is -2.04. The summed E-state index contributed by atoms with van der Waals surface area (Å²) in [7, 11) is 1.63. The monoisotopic (exact) mass is 301 g/mol. The summed E-state index contributed by atoms with van der Waals surface area (Å²) < 4.78 is 11.9. The fraction of sp³-hybridized carbons (Fsp3) is 0.500. The van der Waals surface area contributed by atoms with E-state index in [0.29, 0.717) is 18.3 Å². The van der Waals surface area contributed by atoms with E-state index in [9.17, 15) is 0 Å². The number of hydrogen-bond acceptors (Lipinski definition) is 4. The van der Waals surface area contributed by atoms with Crippen LogP contribution in [0.4, 0.5) is 0 Å². The van der Waals surface area contributed by atoms with E-state index >= 15 is 0 Å². The molecule has 0 aromatic heterocycles. The highest BCUT2D eigenvalue weighted by molar-refractivity contribution is 9.10. The summed E-state index contributed by atoms with van der Waals surface area (Å²) in [5.41, 5.74) is 0.950. The summed E-state index contributed by atoms with van der Waals surface area (Å²) in [4.78, 5) is 4.63. The molecule has 0 bridgehead atoms. The van der Waals surface area contributed by atoms with Crippen LogP contribution in [0.3, 0.4) is 0 Å². The molecule has 17 heavy (non-hydrogen) atoms. The van der Waals surface area contributed by atoms with E-state index in [-0.39, 0.29) is 0 Å². The number of rotatable bonds is 6. The van der Waals surface area contributed by atoms with Gasteiger partial charge in [-0.15, -0.1) is 0 Å². The van der Waals surface area contributed by atoms with Crippen LogP contribution in [0, 0.1) is 5.92 Å². The van der Waals surface area contributed by atoms with E-state index in [1.165, 1.54) is 12.8 Å². The lowest BCUT2D eigenvalue weighted by atomic mass is 10.2. The van der Waals surface area contributed by atoms with Gasteiger partial charge >= 0.3 is 0 Å². The van der Waals surface area contributed by atoms with Crippen LogP contribution in [0.15, 0.2) is 16.6 Å². The number of nitrogens with two attached hydrogens (primary N) is 1. The number of methoxy groups -OCH3 is 1. The topological polar surface area (TPSA) is 53.7 Å². The van der Waals surface area contributed by atoms with Crippen molar-refractivity contribution in [2.45, 2.75) is 19.4 Å². The van der Waals surface area contributed by atoms with Gasteiger partial charge in [-0.25, -0.2) is 5.90 Å². The molecule has 1 aliphatic rings. The quantitative estimate of drug-likeness (QED) is 0.821. The van der Waals surface area contributed by atoms with Crippen LogP contribution < -0.4 is 15.4 Å². The number of benzene rings is 1. The summed E-state index contributed by atoms with van der Waals surface area (Å²) in [6, 6.07) is 3.81. The van der Waals surface area contributed by atoms with Gasteiger partial charge in [0.2, 0.25) is 0 Å². The highest BCUT2D eigenvalue weighted by Gasteiger charge is 2.23. The molecule has 1 fully saturated rings. The van der Waals surface area contributed by atoms with Crippen molar-refractivity contribution in [3.05, 3.63) is 22.2 Å². The van der Waals surface area contributed by atoms with Crippen molar-refractivity contribution in [2.75, 3.05) is 13.7 Å². The summed E-state index contributed by atoms with van der Waals surface area (Å²) in [6.07, 6.45) is 2.52. The maximum atomic E-state index is 5.77. The van der Waals surface area contributed by atoms with Gasteiger partial charge in [0.25, 0.3) is 0 Å². The first-order valence-electron chi connectivity index (χ1n) is 5.55. The first-order valence-corrected chi connectivity index (χ1v) is 6.34. The molecule has 0 radical (unpaired) electrons. The van der Waals surface area contributed by atoms with Crippen LogP contribution in [0.1, 0.15) is 18.4 Å². The minimum Gasteiger partial charge on any atom is -0.492 e. The maximum Gasteiger partial charge on any atom is 0.174 e. The molecule has 0 spiro atoms. The summed E-state index contributed by atoms with van der Waals surface area (Å²) in [5, 5.41) is 0. The zero-order valence-corrected chi connectivity index (χ0v) is 11.3. The van der Waals surface area contributed by atoms with Crippen LogP contribution in [0.25, 0.3) is 0 Å². The molecule has 0 heterocycles. The first kappa shape index (κ1) is 12.7. The fourth-order valence-corrected chi connectivity index (χ4v) is 2.25. The Kier molecular flexibility index (Phi) is 4.25. The smallest absolute Gasteiger partial charge is 0.174 e. The maximum absolute atomic E-state index is 5.77. The second-order valence-electron chi connectivity index (χ2n) is 4.17. The van der Waals surface area contributed by atoms with Crippen molar-refractivity contribution in [3.8, 4) is 11.5 Å².